The highest BCUT2D eigenvalue weighted by Gasteiger charge is 2.29. The Kier molecular flexibility index (Phi) is 14.4. The van der Waals surface area contributed by atoms with Crippen molar-refractivity contribution in [2.75, 3.05) is 51.5 Å². The van der Waals surface area contributed by atoms with Gasteiger partial charge in [-0.3, -0.25) is 23.5 Å². The van der Waals surface area contributed by atoms with Crippen LogP contribution in [0.2, 0.25) is 0 Å². The van der Waals surface area contributed by atoms with Crippen LogP contribution in [0.15, 0.2) is 42.5 Å². The zero-order valence-electron chi connectivity index (χ0n) is 32.0. The minimum atomic E-state index is -3.48. The van der Waals surface area contributed by atoms with Crippen molar-refractivity contribution in [2.45, 2.75) is 71.5 Å². The van der Waals surface area contributed by atoms with Crippen molar-refractivity contribution in [3.8, 4) is 11.5 Å². The number of sulfonamides is 1. The minimum absolute atomic E-state index is 0.0716. The lowest BCUT2D eigenvalue weighted by Crippen LogP contribution is -2.51. The highest BCUT2D eigenvalue weighted by Crippen LogP contribution is 2.28. The summed E-state index contributed by atoms with van der Waals surface area (Å²) in [6.07, 6.45) is 2.86. The molecule has 1 aliphatic rings. The SMILES string of the molecule is CC[C@H](C)[C@@H]1NC(=O)CCCN(C(=O)c2ccc(N(C)S(C)(=O)=O)cc2)CCCNC(=O)Cn2nc(Cc3ccc(OC)c(OC)c3)nc2[C@@H](C)NC1=O. The van der Waals surface area contributed by atoms with Crippen LogP contribution in [0, 0.1) is 5.92 Å². The minimum Gasteiger partial charge on any atom is -0.493 e. The molecule has 16 nitrogen and oxygen atoms in total. The Morgan fingerprint density at radius 3 is 2.33 bits per heavy atom. The number of nitrogens with one attached hydrogen (secondary N) is 3. The van der Waals surface area contributed by atoms with Gasteiger partial charge in [0.05, 0.1) is 32.2 Å². The maximum atomic E-state index is 13.7. The Morgan fingerprint density at radius 1 is 1.00 bits per heavy atom. The van der Waals surface area contributed by atoms with E-state index in [2.05, 4.69) is 21.0 Å². The van der Waals surface area contributed by atoms with E-state index in [1.54, 1.807) is 56.4 Å². The maximum absolute atomic E-state index is 13.7. The van der Waals surface area contributed by atoms with E-state index in [4.69, 9.17) is 14.5 Å². The quantitative estimate of drug-likeness (QED) is 0.291. The van der Waals surface area contributed by atoms with Gasteiger partial charge in [0, 0.05) is 45.1 Å². The molecule has 0 saturated carbocycles. The summed E-state index contributed by atoms with van der Waals surface area (Å²) in [6, 6.07) is 10.2. The molecule has 0 radical (unpaired) electrons. The topological polar surface area (TPSA) is 194 Å². The van der Waals surface area contributed by atoms with Crippen LogP contribution in [0.4, 0.5) is 5.69 Å². The largest absolute Gasteiger partial charge is 0.493 e. The van der Waals surface area contributed by atoms with E-state index in [9.17, 15) is 27.6 Å². The van der Waals surface area contributed by atoms with Gasteiger partial charge in [-0.2, -0.15) is 5.10 Å². The number of fused-ring (bicyclic) bond motifs is 1. The van der Waals surface area contributed by atoms with Crippen molar-refractivity contribution in [3.05, 3.63) is 65.2 Å². The molecule has 4 rings (SSSR count). The molecule has 54 heavy (non-hydrogen) atoms. The van der Waals surface area contributed by atoms with Gasteiger partial charge in [0.15, 0.2) is 17.3 Å². The van der Waals surface area contributed by atoms with Crippen molar-refractivity contribution < 1.29 is 37.1 Å². The molecule has 0 unspecified atom stereocenters. The van der Waals surface area contributed by atoms with Gasteiger partial charge in [0.1, 0.15) is 18.4 Å². The fraction of sp³-hybridized carbons (Fsp3) is 0.514. The number of anilines is 1. The van der Waals surface area contributed by atoms with Gasteiger partial charge in [-0.1, -0.05) is 26.3 Å². The molecule has 0 fully saturated rings. The summed E-state index contributed by atoms with van der Waals surface area (Å²) in [5.74, 6) is 0.380. The first kappa shape index (κ1) is 41.6. The lowest BCUT2D eigenvalue weighted by Gasteiger charge is -2.26. The molecule has 4 amide bonds. The Labute approximate surface area is 317 Å². The van der Waals surface area contributed by atoms with E-state index in [-0.39, 0.29) is 56.2 Å². The van der Waals surface area contributed by atoms with Crippen LogP contribution in [0.5, 0.6) is 11.5 Å². The van der Waals surface area contributed by atoms with Crippen molar-refractivity contribution in [3.63, 3.8) is 0 Å². The highest BCUT2D eigenvalue weighted by molar-refractivity contribution is 7.92. The molecule has 3 atom stereocenters. The monoisotopic (exact) mass is 768 g/mol. The summed E-state index contributed by atoms with van der Waals surface area (Å²) in [7, 11) is 1.05. The van der Waals surface area contributed by atoms with Gasteiger partial charge in [0.25, 0.3) is 5.91 Å². The number of nitrogens with zero attached hydrogens (tertiary/aromatic N) is 5. The Balaban J connectivity index is 1.59. The molecule has 294 valence electrons. The average Bonchev–Trinajstić information content (AvgIpc) is 3.54. The third-order valence-corrected chi connectivity index (χ3v) is 10.6. The third kappa shape index (κ3) is 10.9. The molecule has 0 bridgehead atoms. The zero-order valence-corrected chi connectivity index (χ0v) is 32.9. The predicted molar refractivity (Wildman–Crippen MR) is 203 cm³/mol. The Morgan fingerprint density at radius 2 is 1.69 bits per heavy atom. The van der Waals surface area contributed by atoms with Crippen LogP contribution in [0.1, 0.15) is 80.1 Å². The first-order valence-electron chi connectivity index (χ1n) is 18.0. The predicted octanol–water partition coefficient (Wildman–Crippen LogP) is 2.43. The molecule has 3 N–H and O–H groups in total. The van der Waals surface area contributed by atoms with E-state index in [1.807, 2.05) is 26.0 Å². The number of rotatable bonds is 9. The summed E-state index contributed by atoms with van der Waals surface area (Å²) in [6.45, 7) is 6.19. The number of ether oxygens (including phenoxy) is 2. The van der Waals surface area contributed by atoms with Gasteiger partial charge < -0.3 is 30.3 Å². The molecule has 0 aliphatic carbocycles. The number of carbonyl (C=O) groups is 4. The second-order valence-electron chi connectivity index (χ2n) is 13.4. The molecule has 0 saturated heterocycles. The molecular weight excluding hydrogens is 717 g/mol. The molecule has 2 aromatic carbocycles. The van der Waals surface area contributed by atoms with Gasteiger partial charge in [-0.05, 0) is 67.6 Å². The summed E-state index contributed by atoms with van der Waals surface area (Å²) in [5.41, 5.74) is 1.60. The summed E-state index contributed by atoms with van der Waals surface area (Å²) < 4.78 is 37.3. The molecule has 1 aliphatic heterocycles. The van der Waals surface area contributed by atoms with Crippen LogP contribution in [-0.4, -0.2) is 105 Å². The van der Waals surface area contributed by atoms with Crippen LogP contribution < -0.4 is 29.7 Å². The van der Waals surface area contributed by atoms with Crippen LogP contribution in [0.3, 0.4) is 0 Å². The number of hydrogen-bond donors (Lipinski definition) is 3. The van der Waals surface area contributed by atoms with Crippen LogP contribution in [0.25, 0.3) is 0 Å². The highest BCUT2D eigenvalue weighted by atomic mass is 32.2. The fourth-order valence-electron chi connectivity index (χ4n) is 6.03. The second-order valence-corrected chi connectivity index (χ2v) is 15.5. The summed E-state index contributed by atoms with van der Waals surface area (Å²) in [5, 5.41) is 13.4. The smallest absolute Gasteiger partial charge is 0.253 e. The average molecular weight is 769 g/mol. The summed E-state index contributed by atoms with van der Waals surface area (Å²) >= 11 is 0. The first-order valence-corrected chi connectivity index (χ1v) is 19.8. The molecule has 2 heterocycles. The summed E-state index contributed by atoms with van der Waals surface area (Å²) in [4.78, 5) is 60.2. The number of amides is 4. The molecule has 0 spiro atoms. The van der Waals surface area contributed by atoms with Crippen LogP contribution >= 0.6 is 0 Å². The lowest BCUT2D eigenvalue weighted by molar-refractivity contribution is -0.130. The lowest BCUT2D eigenvalue weighted by atomic mass is 9.97. The van der Waals surface area contributed by atoms with Gasteiger partial charge in [0.2, 0.25) is 27.7 Å². The van der Waals surface area contributed by atoms with E-state index < -0.39 is 28.0 Å². The standard InChI is InChI=1S/C37H52N8O8S/c1-8-24(2)34-36(48)39-25(3)35-40-31(22-26-12-17-29(52-5)30(21-26)53-6)42-45(35)23-33(47)38-18-10-20-44(19-9-11-32(46)41-34)37(49)27-13-15-28(16-14-27)43(4)54(7,50)51/h12-17,21,24-25,34H,8-11,18-20,22-23H2,1-7H3,(H,38,47)(H,39,48)(H,41,46)/t24-,25+,34-/m0/s1. The third-order valence-electron chi connectivity index (χ3n) is 9.43. The van der Waals surface area contributed by atoms with E-state index in [0.29, 0.717) is 60.1 Å². The van der Waals surface area contributed by atoms with Crippen LogP contribution in [-0.2, 0) is 37.4 Å². The number of carbonyl (C=O) groups excluding carboxylic acids is 4. The molecule has 1 aromatic heterocycles. The molecule has 3 aromatic rings. The Bertz CT molecular complexity index is 1900. The number of hydrogen-bond acceptors (Lipinski definition) is 10. The first-order chi connectivity index (χ1) is 25.6. The van der Waals surface area contributed by atoms with Gasteiger partial charge in [-0.15, -0.1) is 0 Å². The van der Waals surface area contributed by atoms with E-state index in [1.165, 1.54) is 11.7 Å². The van der Waals surface area contributed by atoms with Gasteiger partial charge in [-0.25, -0.2) is 18.1 Å². The molecule has 17 heteroatoms. The number of benzene rings is 2. The van der Waals surface area contributed by atoms with E-state index in [0.717, 1.165) is 16.1 Å². The number of methoxy groups -OCH3 is 2. The normalized spacial score (nSPS) is 18.6. The fourth-order valence-corrected chi connectivity index (χ4v) is 6.53. The van der Waals surface area contributed by atoms with Gasteiger partial charge >= 0.3 is 0 Å². The van der Waals surface area contributed by atoms with E-state index >= 15 is 0 Å². The van der Waals surface area contributed by atoms with Crippen molar-refractivity contribution in [1.29, 1.82) is 0 Å². The van der Waals surface area contributed by atoms with Crippen molar-refractivity contribution in [1.82, 2.24) is 35.6 Å². The number of aromatic nitrogens is 3. The zero-order chi connectivity index (χ0) is 39.6. The van der Waals surface area contributed by atoms with Crippen molar-refractivity contribution >= 4 is 39.3 Å². The Hall–Kier alpha value is -5.19. The van der Waals surface area contributed by atoms with Crippen molar-refractivity contribution in [2.24, 2.45) is 5.92 Å². The second kappa shape index (κ2) is 18.7. The molecular formula is C37H52N8O8S. The maximum Gasteiger partial charge on any atom is 0.253 e.